The van der Waals surface area contributed by atoms with Gasteiger partial charge in [0.25, 0.3) is 0 Å². The predicted octanol–water partition coefficient (Wildman–Crippen LogP) is 4.61. The highest BCUT2D eigenvalue weighted by atomic mass is 16.3. The molecule has 0 bridgehead atoms. The zero-order valence-corrected chi connectivity index (χ0v) is 17.0. The second-order valence-corrected chi connectivity index (χ2v) is 7.52. The molecule has 31 heavy (non-hydrogen) atoms. The fourth-order valence-corrected chi connectivity index (χ4v) is 4.17. The van der Waals surface area contributed by atoms with Crippen LogP contribution in [0.15, 0.2) is 102 Å². The molecule has 0 saturated carbocycles. The van der Waals surface area contributed by atoms with Gasteiger partial charge in [0.1, 0.15) is 11.3 Å². The van der Waals surface area contributed by atoms with E-state index in [4.69, 9.17) is 4.98 Å². The monoisotopic (exact) mass is 407 g/mol. The summed E-state index contributed by atoms with van der Waals surface area (Å²) in [6.07, 6.45) is 1.72. The number of fused-ring (bicyclic) bond motifs is 1. The Morgan fingerprint density at radius 1 is 0.806 bits per heavy atom. The van der Waals surface area contributed by atoms with E-state index in [0.717, 1.165) is 16.8 Å². The van der Waals surface area contributed by atoms with E-state index in [1.54, 1.807) is 29.9 Å². The molecule has 0 aliphatic rings. The molecule has 0 aliphatic carbocycles. The number of para-hydroxylation sites is 1. The van der Waals surface area contributed by atoms with Crippen molar-refractivity contribution in [1.82, 2.24) is 14.1 Å². The van der Waals surface area contributed by atoms with Crippen molar-refractivity contribution in [2.75, 3.05) is 0 Å². The minimum atomic E-state index is -0.228. The zero-order valence-electron chi connectivity index (χ0n) is 17.0. The third-order valence-corrected chi connectivity index (χ3v) is 5.64. The van der Waals surface area contributed by atoms with Crippen molar-refractivity contribution in [2.45, 2.75) is 5.92 Å². The lowest BCUT2D eigenvalue weighted by atomic mass is 9.88. The summed E-state index contributed by atoms with van der Waals surface area (Å²) < 4.78 is 3.03. The fourth-order valence-electron chi connectivity index (χ4n) is 4.17. The van der Waals surface area contributed by atoms with Crippen molar-refractivity contribution in [3.05, 3.63) is 124 Å². The molecule has 0 radical (unpaired) electrons. The lowest BCUT2D eigenvalue weighted by Gasteiger charge is -2.18. The molecule has 5 nitrogen and oxygen atoms in total. The molecule has 5 heteroatoms. The third-order valence-electron chi connectivity index (χ3n) is 5.64. The van der Waals surface area contributed by atoms with Gasteiger partial charge >= 0.3 is 5.69 Å². The molecule has 0 atom stereocenters. The van der Waals surface area contributed by atoms with Crippen molar-refractivity contribution >= 4 is 11.0 Å². The van der Waals surface area contributed by atoms with E-state index in [2.05, 4.69) is 24.3 Å². The average Bonchev–Trinajstić information content (AvgIpc) is 3.07. The average molecular weight is 407 g/mol. The summed E-state index contributed by atoms with van der Waals surface area (Å²) in [5, 5.41) is 10.2. The Bertz CT molecular complexity index is 1360. The van der Waals surface area contributed by atoms with Crippen LogP contribution in [0.4, 0.5) is 0 Å². The van der Waals surface area contributed by atoms with E-state index in [0.29, 0.717) is 16.7 Å². The minimum absolute atomic E-state index is 0.00951. The second kappa shape index (κ2) is 7.61. The highest BCUT2D eigenvalue weighted by molar-refractivity contribution is 5.83. The maximum absolute atomic E-state index is 12.9. The van der Waals surface area contributed by atoms with E-state index in [9.17, 15) is 9.90 Å². The Hall–Kier alpha value is -4.12. The number of hydrogen-bond acceptors (Lipinski definition) is 3. The summed E-state index contributed by atoms with van der Waals surface area (Å²) in [4.78, 5) is 17.6. The van der Waals surface area contributed by atoms with Crippen LogP contribution in [0.1, 0.15) is 22.7 Å². The number of phenolic OH excluding ortho intramolecular Hbond substituents is 1. The molecule has 0 amide bonds. The number of phenols is 1. The Labute approximate surface area is 179 Å². The number of pyridine rings is 1. The number of aromatic hydroxyl groups is 1. The van der Waals surface area contributed by atoms with Gasteiger partial charge in [-0.15, -0.1) is 0 Å². The van der Waals surface area contributed by atoms with Crippen LogP contribution in [-0.2, 0) is 7.05 Å². The summed E-state index contributed by atoms with van der Waals surface area (Å²) in [6.45, 7) is 0. The molecular formula is C26H21N3O2. The van der Waals surface area contributed by atoms with E-state index < -0.39 is 0 Å². The highest BCUT2D eigenvalue weighted by Gasteiger charge is 2.19. The minimum Gasteiger partial charge on any atom is -0.506 e. The van der Waals surface area contributed by atoms with Gasteiger partial charge in [0.05, 0.1) is 29.0 Å². The fraction of sp³-hybridized carbons (Fsp3) is 0.0769. The van der Waals surface area contributed by atoms with Crippen LogP contribution in [0.3, 0.4) is 0 Å². The molecule has 152 valence electrons. The number of aryl methyl sites for hydroxylation is 1. The first kappa shape index (κ1) is 18.9. The summed E-state index contributed by atoms with van der Waals surface area (Å²) in [5.74, 6) is 0.0679. The van der Waals surface area contributed by atoms with Gasteiger partial charge < -0.3 is 5.11 Å². The molecule has 2 heterocycles. The predicted molar refractivity (Wildman–Crippen MR) is 122 cm³/mol. The zero-order chi connectivity index (χ0) is 21.4. The Kier molecular flexibility index (Phi) is 4.64. The van der Waals surface area contributed by atoms with Gasteiger partial charge in [0.15, 0.2) is 0 Å². The normalized spacial score (nSPS) is 11.3. The number of benzene rings is 3. The largest absolute Gasteiger partial charge is 0.506 e. The number of hydrogen-bond donors (Lipinski definition) is 1. The number of imidazole rings is 1. The van der Waals surface area contributed by atoms with Gasteiger partial charge in [-0.25, -0.2) is 4.79 Å². The summed E-state index contributed by atoms with van der Waals surface area (Å²) in [5.41, 5.74) is 4.78. The summed E-state index contributed by atoms with van der Waals surface area (Å²) >= 11 is 0. The van der Waals surface area contributed by atoms with Gasteiger partial charge in [-0.1, -0.05) is 66.7 Å². The van der Waals surface area contributed by atoms with E-state index in [-0.39, 0.29) is 17.4 Å². The molecule has 1 N–H and O–H groups in total. The lowest BCUT2D eigenvalue weighted by molar-refractivity contribution is 0.478. The molecule has 3 aromatic carbocycles. The van der Waals surface area contributed by atoms with Crippen LogP contribution in [0.25, 0.3) is 16.7 Å². The Morgan fingerprint density at radius 2 is 1.45 bits per heavy atom. The molecule has 2 aromatic heterocycles. The topological polar surface area (TPSA) is 60.0 Å². The molecule has 0 spiro atoms. The molecule has 0 unspecified atom stereocenters. The van der Waals surface area contributed by atoms with Crippen molar-refractivity contribution in [2.24, 2.45) is 7.05 Å². The summed E-state index contributed by atoms with van der Waals surface area (Å²) in [7, 11) is 1.66. The quantitative estimate of drug-likeness (QED) is 0.473. The van der Waals surface area contributed by atoms with Crippen molar-refractivity contribution in [3.8, 4) is 11.4 Å². The van der Waals surface area contributed by atoms with E-state index >= 15 is 0 Å². The van der Waals surface area contributed by atoms with Gasteiger partial charge in [-0.3, -0.25) is 14.1 Å². The number of aromatic nitrogens is 3. The maximum atomic E-state index is 12.9. The molecule has 0 fully saturated rings. The van der Waals surface area contributed by atoms with E-state index in [1.807, 2.05) is 54.6 Å². The molecule has 0 aliphatic heterocycles. The van der Waals surface area contributed by atoms with Crippen LogP contribution in [0, 0.1) is 0 Å². The number of rotatable bonds is 4. The molecule has 5 aromatic rings. The maximum Gasteiger partial charge on any atom is 0.333 e. The van der Waals surface area contributed by atoms with Crippen LogP contribution in [-0.4, -0.2) is 19.2 Å². The first-order chi connectivity index (χ1) is 15.1. The van der Waals surface area contributed by atoms with Crippen LogP contribution in [0.2, 0.25) is 0 Å². The lowest BCUT2D eigenvalue weighted by Crippen LogP contribution is -2.21. The van der Waals surface area contributed by atoms with Crippen molar-refractivity contribution in [1.29, 1.82) is 0 Å². The van der Waals surface area contributed by atoms with Crippen LogP contribution >= 0.6 is 0 Å². The molecule has 0 saturated heterocycles. The number of nitrogens with zero attached hydrogens (tertiary/aromatic N) is 3. The summed E-state index contributed by atoms with van der Waals surface area (Å²) in [6, 6.07) is 29.5. The van der Waals surface area contributed by atoms with Gasteiger partial charge in [0.2, 0.25) is 0 Å². The first-order valence-corrected chi connectivity index (χ1v) is 10.1. The standard InChI is InChI=1S/C26H21N3O2/c1-28-25-22(13-8-14-23(25)30)29(26(28)31)20-15-16-21(27-17-20)24(18-9-4-2-5-10-18)19-11-6-3-7-12-19/h2-17,24,30H,1H3. The Morgan fingerprint density at radius 3 is 2.03 bits per heavy atom. The first-order valence-electron chi connectivity index (χ1n) is 10.1. The SMILES string of the molecule is Cn1c(=O)n(-c2ccc(C(c3ccccc3)c3ccccc3)nc2)c2cccc(O)c21. The molecule has 5 rings (SSSR count). The Balaban J connectivity index is 1.63. The van der Waals surface area contributed by atoms with Crippen molar-refractivity contribution in [3.63, 3.8) is 0 Å². The van der Waals surface area contributed by atoms with Gasteiger partial charge in [0, 0.05) is 7.05 Å². The van der Waals surface area contributed by atoms with Crippen LogP contribution in [0.5, 0.6) is 5.75 Å². The second-order valence-electron chi connectivity index (χ2n) is 7.52. The smallest absolute Gasteiger partial charge is 0.333 e. The van der Waals surface area contributed by atoms with Gasteiger partial charge in [-0.2, -0.15) is 0 Å². The third kappa shape index (κ3) is 3.20. The van der Waals surface area contributed by atoms with E-state index in [1.165, 1.54) is 4.57 Å². The van der Waals surface area contributed by atoms with Gasteiger partial charge in [-0.05, 0) is 35.4 Å². The van der Waals surface area contributed by atoms with Crippen molar-refractivity contribution < 1.29 is 5.11 Å². The highest BCUT2D eigenvalue weighted by Crippen LogP contribution is 2.31. The van der Waals surface area contributed by atoms with Crippen LogP contribution < -0.4 is 5.69 Å². The molecular weight excluding hydrogens is 386 g/mol.